The molecule has 0 fully saturated rings. The summed E-state index contributed by atoms with van der Waals surface area (Å²) in [6.07, 6.45) is 9.73. The molecular weight excluding hydrogens is 364 g/mol. The van der Waals surface area contributed by atoms with Gasteiger partial charge in [-0.2, -0.15) is 0 Å². The quantitative estimate of drug-likeness (QED) is 0.290. The van der Waals surface area contributed by atoms with E-state index in [1.165, 1.54) is 24.0 Å². The summed E-state index contributed by atoms with van der Waals surface area (Å²) in [7, 11) is 0. The largest absolute Gasteiger partial charge is 0.379 e. The average Bonchev–Trinajstić information content (AvgIpc) is 2.77. The van der Waals surface area contributed by atoms with Crippen LogP contribution in [0.1, 0.15) is 85.6 Å². The summed E-state index contributed by atoms with van der Waals surface area (Å²) < 4.78 is 0. The molecule has 30 heavy (non-hydrogen) atoms. The molecule has 1 aromatic rings. The van der Waals surface area contributed by atoms with E-state index < -0.39 is 0 Å². The molecule has 0 aliphatic heterocycles. The third-order valence-corrected chi connectivity index (χ3v) is 5.55. The standard InChI is InChI=1S/C26H42N2.C2H6/c1-8-11-20-26(7,10-3)28-23(6)22(5)27-25(21(4)15-9-2)19-18-24-16-13-12-14-17-24;1-2/h10,12-14,16-17,22,25,27-28H,3-4,6,8-9,11,15,18-20H2,1-2,5,7H3;1-2H3/t22-,25-,26?;/m0./s1. The van der Waals surface area contributed by atoms with Crippen LogP contribution in [-0.4, -0.2) is 17.6 Å². The average molecular weight is 413 g/mol. The van der Waals surface area contributed by atoms with Crippen LogP contribution in [0.25, 0.3) is 0 Å². The molecule has 0 saturated heterocycles. The van der Waals surface area contributed by atoms with E-state index >= 15 is 0 Å². The lowest BCUT2D eigenvalue weighted by Gasteiger charge is -2.34. The number of hydrogen-bond donors (Lipinski definition) is 2. The second kappa shape index (κ2) is 16.0. The van der Waals surface area contributed by atoms with Crippen LogP contribution in [0.15, 0.2) is 67.4 Å². The van der Waals surface area contributed by atoms with Crippen molar-refractivity contribution in [3.63, 3.8) is 0 Å². The van der Waals surface area contributed by atoms with E-state index in [2.05, 4.69) is 88.4 Å². The van der Waals surface area contributed by atoms with Gasteiger partial charge in [0.15, 0.2) is 0 Å². The maximum atomic E-state index is 4.37. The van der Waals surface area contributed by atoms with Gasteiger partial charge in [-0.3, -0.25) is 0 Å². The van der Waals surface area contributed by atoms with Gasteiger partial charge in [0.2, 0.25) is 0 Å². The second-order valence-electron chi connectivity index (χ2n) is 8.25. The first-order valence-corrected chi connectivity index (χ1v) is 11.9. The smallest absolute Gasteiger partial charge is 0.0522 e. The van der Waals surface area contributed by atoms with Gasteiger partial charge in [-0.05, 0) is 45.1 Å². The van der Waals surface area contributed by atoms with Crippen molar-refractivity contribution < 1.29 is 0 Å². The van der Waals surface area contributed by atoms with Gasteiger partial charge in [0.05, 0.1) is 5.54 Å². The van der Waals surface area contributed by atoms with Crippen molar-refractivity contribution in [3.05, 3.63) is 73.0 Å². The topological polar surface area (TPSA) is 24.1 Å². The van der Waals surface area contributed by atoms with Gasteiger partial charge in [-0.25, -0.2) is 0 Å². The predicted molar refractivity (Wildman–Crippen MR) is 137 cm³/mol. The van der Waals surface area contributed by atoms with E-state index in [1.54, 1.807) is 0 Å². The SMILES string of the molecule is C=CC(C)(CCCC)NC(=C)[C@H](C)N[C@@H](CCc1ccccc1)C(=C)CCC.CC. The molecule has 0 aromatic heterocycles. The van der Waals surface area contributed by atoms with E-state index in [0.29, 0.717) is 6.04 Å². The van der Waals surface area contributed by atoms with Crippen LogP contribution in [0.2, 0.25) is 0 Å². The molecule has 0 heterocycles. The molecule has 0 bridgehead atoms. The Hall–Kier alpha value is -1.80. The van der Waals surface area contributed by atoms with Gasteiger partial charge in [0.25, 0.3) is 0 Å². The number of unbranched alkanes of at least 4 members (excludes halogenated alkanes) is 1. The van der Waals surface area contributed by atoms with Crippen molar-refractivity contribution in [2.45, 2.75) is 104 Å². The lowest BCUT2D eigenvalue weighted by molar-refractivity contribution is 0.397. The Kier molecular flexibility index (Phi) is 15.0. The summed E-state index contributed by atoms with van der Waals surface area (Å²) in [5, 5.41) is 7.40. The zero-order valence-electron chi connectivity index (χ0n) is 20.7. The Morgan fingerprint density at radius 2 is 1.73 bits per heavy atom. The highest BCUT2D eigenvalue weighted by Gasteiger charge is 2.23. The Balaban J connectivity index is 0.00000407. The molecule has 0 amide bonds. The molecule has 170 valence electrons. The Labute approximate surface area is 187 Å². The van der Waals surface area contributed by atoms with Gasteiger partial charge in [0, 0.05) is 17.8 Å². The molecule has 0 aliphatic rings. The van der Waals surface area contributed by atoms with E-state index in [1.807, 2.05) is 19.9 Å². The van der Waals surface area contributed by atoms with Crippen LogP contribution < -0.4 is 10.6 Å². The summed E-state index contributed by atoms with van der Waals surface area (Å²) in [5.41, 5.74) is 3.58. The number of hydrogen-bond acceptors (Lipinski definition) is 2. The monoisotopic (exact) mass is 412 g/mol. The van der Waals surface area contributed by atoms with Crippen LogP contribution >= 0.6 is 0 Å². The lowest BCUT2D eigenvalue weighted by atomic mass is 9.93. The molecule has 1 aromatic carbocycles. The summed E-state index contributed by atoms with van der Waals surface area (Å²) in [6.45, 7) is 25.6. The molecule has 0 radical (unpaired) electrons. The maximum Gasteiger partial charge on any atom is 0.0522 e. The molecule has 2 N–H and O–H groups in total. The molecular formula is C28H48N2. The van der Waals surface area contributed by atoms with Crippen LogP contribution in [-0.2, 0) is 6.42 Å². The normalized spacial score (nSPS) is 14.5. The van der Waals surface area contributed by atoms with Gasteiger partial charge >= 0.3 is 0 Å². The number of nitrogens with one attached hydrogen (secondary N) is 2. The van der Waals surface area contributed by atoms with Crippen LogP contribution in [0.4, 0.5) is 0 Å². The first kappa shape index (κ1) is 28.2. The fourth-order valence-electron chi connectivity index (χ4n) is 3.49. The van der Waals surface area contributed by atoms with E-state index in [9.17, 15) is 0 Å². The highest BCUT2D eigenvalue weighted by Crippen LogP contribution is 2.19. The summed E-state index contributed by atoms with van der Waals surface area (Å²) in [4.78, 5) is 0. The molecule has 1 unspecified atom stereocenters. The number of rotatable bonds is 15. The predicted octanol–water partition coefficient (Wildman–Crippen LogP) is 7.59. The fourth-order valence-corrected chi connectivity index (χ4v) is 3.49. The molecule has 0 aliphatic carbocycles. The van der Waals surface area contributed by atoms with Crippen molar-refractivity contribution in [3.8, 4) is 0 Å². The second-order valence-corrected chi connectivity index (χ2v) is 8.25. The number of benzene rings is 1. The Bertz CT molecular complexity index is 604. The van der Waals surface area contributed by atoms with Gasteiger partial charge in [0.1, 0.15) is 0 Å². The van der Waals surface area contributed by atoms with Gasteiger partial charge < -0.3 is 10.6 Å². The summed E-state index contributed by atoms with van der Waals surface area (Å²) >= 11 is 0. The first-order chi connectivity index (χ1) is 14.3. The molecule has 3 atom stereocenters. The van der Waals surface area contributed by atoms with E-state index in [0.717, 1.165) is 37.8 Å². The molecule has 0 saturated carbocycles. The lowest BCUT2D eigenvalue weighted by Crippen LogP contribution is -2.47. The van der Waals surface area contributed by atoms with Crippen LogP contribution in [0.3, 0.4) is 0 Å². The summed E-state index contributed by atoms with van der Waals surface area (Å²) in [6, 6.07) is 11.1. The van der Waals surface area contributed by atoms with Crippen molar-refractivity contribution in [2.75, 3.05) is 0 Å². The van der Waals surface area contributed by atoms with Crippen molar-refractivity contribution >= 4 is 0 Å². The van der Waals surface area contributed by atoms with E-state index in [4.69, 9.17) is 0 Å². The third kappa shape index (κ3) is 10.8. The van der Waals surface area contributed by atoms with Crippen LogP contribution in [0.5, 0.6) is 0 Å². The van der Waals surface area contributed by atoms with Crippen molar-refractivity contribution in [1.29, 1.82) is 0 Å². The summed E-state index contributed by atoms with van der Waals surface area (Å²) in [5.74, 6) is 0. The molecule has 0 spiro atoms. The minimum absolute atomic E-state index is 0.108. The van der Waals surface area contributed by atoms with Gasteiger partial charge in [-0.15, -0.1) is 6.58 Å². The van der Waals surface area contributed by atoms with Gasteiger partial charge in [-0.1, -0.05) is 102 Å². The minimum atomic E-state index is -0.108. The molecule has 2 nitrogen and oxygen atoms in total. The van der Waals surface area contributed by atoms with Crippen LogP contribution in [0, 0.1) is 0 Å². The van der Waals surface area contributed by atoms with E-state index in [-0.39, 0.29) is 11.6 Å². The maximum absolute atomic E-state index is 4.37. The zero-order chi connectivity index (χ0) is 23.0. The highest BCUT2D eigenvalue weighted by atomic mass is 15.1. The zero-order valence-corrected chi connectivity index (χ0v) is 20.7. The number of aryl methyl sites for hydroxylation is 1. The third-order valence-electron chi connectivity index (χ3n) is 5.55. The minimum Gasteiger partial charge on any atom is -0.379 e. The first-order valence-electron chi connectivity index (χ1n) is 11.9. The van der Waals surface area contributed by atoms with Crippen molar-refractivity contribution in [1.82, 2.24) is 10.6 Å². The molecule has 1 rings (SSSR count). The Morgan fingerprint density at radius 1 is 1.10 bits per heavy atom. The highest BCUT2D eigenvalue weighted by molar-refractivity contribution is 5.18. The van der Waals surface area contributed by atoms with Crippen molar-refractivity contribution in [2.24, 2.45) is 0 Å². The Morgan fingerprint density at radius 3 is 2.27 bits per heavy atom. The molecule has 2 heteroatoms. The fraction of sp³-hybridized carbons (Fsp3) is 0.571.